The number of anilines is 2. The van der Waals surface area contributed by atoms with Crippen LogP contribution in [0, 0.1) is 0 Å². The van der Waals surface area contributed by atoms with E-state index < -0.39 is 4.99 Å². The van der Waals surface area contributed by atoms with Crippen LogP contribution in [0.1, 0.15) is 48.9 Å². The first-order valence-corrected chi connectivity index (χ1v) is 13.6. The maximum absolute atomic E-state index is 12.7. The second-order valence-electron chi connectivity index (χ2n) is 9.74. The second-order valence-corrected chi connectivity index (χ2v) is 10.9. The fraction of sp³-hybridized carbons (Fsp3) is 0.156. The van der Waals surface area contributed by atoms with E-state index in [2.05, 4.69) is 50.2 Å². The number of para-hydroxylation sites is 2. The zero-order valence-electron chi connectivity index (χ0n) is 21.6. The number of ketones is 1. The lowest BCUT2D eigenvalue weighted by molar-refractivity contribution is -0.110. The normalized spacial score (nSPS) is 18.4. The highest BCUT2D eigenvalue weighted by atomic mass is 32.2. The van der Waals surface area contributed by atoms with E-state index in [1.807, 2.05) is 82.8 Å². The lowest BCUT2D eigenvalue weighted by atomic mass is 9.92. The fourth-order valence-corrected chi connectivity index (χ4v) is 6.24. The van der Waals surface area contributed by atoms with E-state index in [1.165, 1.54) is 17.3 Å². The average Bonchev–Trinajstić information content (AvgIpc) is 3.36. The van der Waals surface area contributed by atoms with Crippen LogP contribution in [0.4, 0.5) is 11.4 Å². The van der Waals surface area contributed by atoms with E-state index in [0.29, 0.717) is 11.0 Å². The van der Waals surface area contributed by atoms with Gasteiger partial charge in [0.05, 0.1) is 17.1 Å². The van der Waals surface area contributed by atoms with Gasteiger partial charge in [0.15, 0.2) is 10.8 Å². The minimum absolute atomic E-state index is 0.0719. The monoisotopic (exact) mass is 516 g/mol. The number of rotatable bonds is 5. The van der Waals surface area contributed by atoms with Crippen LogP contribution >= 0.6 is 11.8 Å². The SMILES string of the molecule is CC(=O)C1=NN(c2ccccc2)[C@@]2(S1)c1ccccc1C(c1ccc(C(C)C)cc1)=NN2c1ccccc1. The number of hydrogen-bond donors (Lipinski definition) is 0. The van der Waals surface area contributed by atoms with Crippen molar-refractivity contribution in [2.75, 3.05) is 10.0 Å². The number of carbonyl (C=O) groups is 1. The Bertz CT molecular complexity index is 1550. The van der Waals surface area contributed by atoms with Gasteiger partial charge in [-0.2, -0.15) is 10.2 Å². The summed E-state index contributed by atoms with van der Waals surface area (Å²) in [4.78, 5) is 11.8. The van der Waals surface area contributed by atoms with Gasteiger partial charge in [-0.05, 0) is 47.5 Å². The van der Waals surface area contributed by atoms with Crippen molar-refractivity contribution < 1.29 is 4.79 Å². The van der Waals surface area contributed by atoms with Crippen LogP contribution in [0.2, 0.25) is 0 Å². The van der Waals surface area contributed by atoms with Gasteiger partial charge in [0.25, 0.3) is 0 Å². The van der Waals surface area contributed by atoms with Crippen molar-refractivity contribution in [2.45, 2.75) is 31.7 Å². The minimum atomic E-state index is -0.929. The number of hydrogen-bond acceptors (Lipinski definition) is 6. The third kappa shape index (κ3) is 3.92. The zero-order valence-corrected chi connectivity index (χ0v) is 22.4. The molecular formula is C32H28N4OS. The third-order valence-electron chi connectivity index (χ3n) is 6.89. The van der Waals surface area contributed by atoms with Gasteiger partial charge < -0.3 is 0 Å². The topological polar surface area (TPSA) is 48.3 Å². The van der Waals surface area contributed by atoms with E-state index >= 15 is 0 Å². The second kappa shape index (κ2) is 9.62. The Morgan fingerprint density at radius 1 is 0.737 bits per heavy atom. The molecule has 0 unspecified atom stereocenters. The number of thioether (sulfide) groups is 1. The summed E-state index contributed by atoms with van der Waals surface area (Å²) in [6.45, 7) is 5.97. The lowest BCUT2D eigenvalue weighted by Crippen LogP contribution is -2.54. The van der Waals surface area contributed by atoms with Crippen LogP contribution in [-0.2, 0) is 9.79 Å². The Labute approximate surface area is 227 Å². The van der Waals surface area contributed by atoms with Gasteiger partial charge in [0.2, 0.25) is 4.99 Å². The molecule has 0 aliphatic carbocycles. The van der Waals surface area contributed by atoms with Crippen LogP contribution < -0.4 is 10.0 Å². The number of hydrazone groups is 2. The molecule has 0 radical (unpaired) electrons. The number of carbonyl (C=O) groups excluding carboxylic acids is 1. The highest BCUT2D eigenvalue weighted by molar-refractivity contribution is 8.17. The molecule has 0 amide bonds. The van der Waals surface area contributed by atoms with Crippen LogP contribution in [-0.4, -0.2) is 16.5 Å². The number of fused-ring (bicyclic) bond motifs is 2. The van der Waals surface area contributed by atoms with E-state index in [4.69, 9.17) is 10.2 Å². The van der Waals surface area contributed by atoms with Crippen LogP contribution in [0.25, 0.3) is 0 Å². The highest BCUT2D eigenvalue weighted by Crippen LogP contribution is 2.54. The molecule has 1 spiro atoms. The van der Waals surface area contributed by atoms with Crippen LogP contribution in [0.15, 0.2) is 119 Å². The summed E-state index contributed by atoms with van der Waals surface area (Å²) >= 11 is 1.44. The smallest absolute Gasteiger partial charge is 0.234 e. The summed E-state index contributed by atoms with van der Waals surface area (Å²) in [6, 6.07) is 37.1. The summed E-state index contributed by atoms with van der Waals surface area (Å²) in [5, 5.41) is 14.7. The van der Waals surface area contributed by atoms with E-state index in [-0.39, 0.29) is 5.78 Å². The molecule has 4 aromatic carbocycles. The van der Waals surface area contributed by atoms with Crippen LogP contribution in [0.5, 0.6) is 0 Å². The zero-order chi connectivity index (χ0) is 26.3. The van der Waals surface area contributed by atoms with Crippen molar-refractivity contribution in [1.82, 2.24) is 0 Å². The van der Waals surface area contributed by atoms with E-state index in [1.54, 1.807) is 6.92 Å². The lowest BCUT2D eigenvalue weighted by Gasteiger charge is -2.47. The summed E-state index contributed by atoms with van der Waals surface area (Å²) < 4.78 is 0. The largest absolute Gasteiger partial charge is 0.292 e. The highest BCUT2D eigenvalue weighted by Gasteiger charge is 2.55. The Hall–Kier alpha value is -4.16. The Morgan fingerprint density at radius 3 is 1.87 bits per heavy atom. The maximum Gasteiger partial charge on any atom is 0.234 e. The van der Waals surface area contributed by atoms with Crippen molar-refractivity contribution in [1.29, 1.82) is 0 Å². The van der Waals surface area contributed by atoms with E-state index in [9.17, 15) is 4.79 Å². The molecule has 188 valence electrons. The summed E-state index contributed by atoms with van der Waals surface area (Å²) in [5.74, 6) is 0.377. The average molecular weight is 517 g/mol. The predicted octanol–water partition coefficient (Wildman–Crippen LogP) is 7.35. The molecule has 6 heteroatoms. The number of Topliss-reactive ketones (excluding diaryl/α,β-unsaturated/α-hetero) is 1. The van der Waals surface area contributed by atoms with Gasteiger partial charge in [0.1, 0.15) is 0 Å². The fourth-order valence-electron chi connectivity index (χ4n) is 4.95. The molecule has 0 saturated carbocycles. The van der Waals surface area contributed by atoms with Crippen molar-refractivity contribution in [3.63, 3.8) is 0 Å². The molecule has 2 aliphatic heterocycles. The molecule has 0 bridgehead atoms. The predicted molar refractivity (Wildman–Crippen MR) is 158 cm³/mol. The molecule has 2 heterocycles. The molecule has 6 rings (SSSR count). The van der Waals surface area contributed by atoms with Gasteiger partial charge in [0, 0.05) is 23.6 Å². The Kier molecular flexibility index (Phi) is 6.12. The molecular weight excluding hydrogens is 488 g/mol. The standard InChI is InChI=1S/C32H28N4OS/c1-22(2)24-18-20-25(21-19-24)30-28-16-10-11-17-29(28)32(35(33-30)26-12-6-4-7-13-26)36(27-14-8-5-9-15-27)34-31(38-32)23(3)37/h4-22H,1-3H3/t32-/m1/s1. The third-order valence-corrected chi connectivity index (χ3v) is 8.30. The van der Waals surface area contributed by atoms with Crippen molar-refractivity contribution in [3.8, 4) is 0 Å². The summed E-state index contributed by atoms with van der Waals surface area (Å²) in [5.41, 5.74) is 7.05. The Morgan fingerprint density at radius 2 is 1.29 bits per heavy atom. The molecule has 0 saturated heterocycles. The number of nitrogens with zero attached hydrogens (tertiary/aromatic N) is 4. The maximum atomic E-state index is 12.7. The Balaban J connectivity index is 1.63. The quantitative estimate of drug-likeness (QED) is 0.278. The molecule has 1 atom stereocenters. The first-order valence-electron chi connectivity index (χ1n) is 12.8. The van der Waals surface area contributed by atoms with Crippen molar-refractivity contribution >= 4 is 39.7 Å². The van der Waals surface area contributed by atoms with E-state index in [0.717, 1.165) is 33.8 Å². The molecule has 0 N–H and O–H groups in total. The summed E-state index contributed by atoms with van der Waals surface area (Å²) in [7, 11) is 0. The molecule has 38 heavy (non-hydrogen) atoms. The molecule has 0 aromatic heterocycles. The van der Waals surface area contributed by atoms with Gasteiger partial charge in [-0.3, -0.25) is 4.79 Å². The van der Waals surface area contributed by atoms with Gasteiger partial charge in [-0.15, -0.1) is 0 Å². The van der Waals surface area contributed by atoms with Gasteiger partial charge >= 0.3 is 0 Å². The first-order chi connectivity index (χ1) is 18.5. The van der Waals surface area contributed by atoms with Crippen LogP contribution in [0.3, 0.4) is 0 Å². The summed E-state index contributed by atoms with van der Waals surface area (Å²) in [6.07, 6.45) is 0. The first kappa shape index (κ1) is 24.2. The minimum Gasteiger partial charge on any atom is -0.292 e. The number of benzene rings is 4. The molecule has 5 nitrogen and oxygen atoms in total. The van der Waals surface area contributed by atoms with Crippen molar-refractivity contribution in [3.05, 3.63) is 131 Å². The molecule has 4 aromatic rings. The molecule has 0 fully saturated rings. The van der Waals surface area contributed by atoms with Gasteiger partial charge in [-0.1, -0.05) is 98.8 Å². The van der Waals surface area contributed by atoms with Gasteiger partial charge in [-0.25, -0.2) is 10.0 Å². The van der Waals surface area contributed by atoms with Crippen molar-refractivity contribution in [2.24, 2.45) is 10.2 Å². The molecule has 2 aliphatic rings.